The van der Waals surface area contributed by atoms with E-state index in [0.717, 1.165) is 6.42 Å². The van der Waals surface area contributed by atoms with E-state index in [1.807, 2.05) is 13.8 Å². The lowest BCUT2D eigenvalue weighted by atomic mass is 9.94. The molecule has 0 aliphatic carbocycles. The Kier molecular flexibility index (Phi) is 4.10. The van der Waals surface area contributed by atoms with Gasteiger partial charge in [0.2, 0.25) is 10.0 Å². The van der Waals surface area contributed by atoms with Gasteiger partial charge in [0.15, 0.2) is 4.90 Å². The van der Waals surface area contributed by atoms with Crippen LogP contribution in [-0.2, 0) is 10.0 Å². The van der Waals surface area contributed by atoms with Gasteiger partial charge in [-0.3, -0.25) is 10.1 Å². The van der Waals surface area contributed by atoms with Gasteiger partial charge in [0, 0.05) is 19.2 Å². The highest BCUT2D eigenvalue weighted by atomic mass is 32.2. The largest absolute Gasteiger partial charge is 0.289 e. The Morgan fingerprint density at radius 1 is 1.20 bits per heavy atom. The molecule has 1 aliphatic rings. The molecular formula is C13H18N2O4S. The van der Waals surface area contributed by atoms with E-state index in [9.17, 15) is 18.5 Å². The molecule has 0 saturated carbocycles. The lowest BCUT2D eigenvalue weighted by Gasteiger charge is -2.33. The van der Waals surface area contributed by atoms with Gasteiger partial charge in [-0.1, -0.05) is 26.0 Å². The molecule has 1 heterocycles. The Morgan fingerprint density at radius 3 is 2.30 bits per heavy atom. The standard InChI is InChI=1S/C13H18N2O4S/c1-10-7-11(2)9-14(8-10)20(18,19)13-6-4-3-5-12(13)15(16)17/h3-6,10-11H,7-9H2,1-2H3/t10-,11-/m0/s1. The van der Waals surface area contributed by atoms with E-state index in [2.05, 4.69) is 0 Å². The number of nitrogens with zero attached hydrogens (tertiary/aromatic N) is 2. The minimum absolute atomic E-state index is 0.216. The van der Waals surface area contributed by atoms with Gasteiger partial charge in [-0.2, -0.15) is 4.31 Å². The number of sulfonamides is 1. The van der Waals surface area contributed by atoms with E-state index in [1.165, 1.54) is 28.6 Å². The predicted octanol–water partition coefficient (Wildman–Crippen LogP) is 2.26. The van der Waals surface area contributed by atoms with Crippen LogP contribution < -0.4 is 0 Å². The number of para-hydroxylation sites is 1. The molecule has 0 unspecified atom stereocenters. The van der Waals surface area contributed by atoms with Crippen molar-refractivity contribution in [3.63, 3.8) is 0 Å². The van der Waals surface area contributed by atoms with Gasteiger partial charge in [-0.05, 0) is 24.3 Å². The second-order valence-electron chi connectivity index (χ2n) is 5.49. The fraction of sp³-hybridized carbons (Fsp3) is 0.538. The molecule has 2 rings (SSSR count). The lowest BCUT2D eigenvalue weighted by Crippen LogP contribution is -2.42. The fourth-order valence-corrected chi connectivity index (χ4v) is 4.60. The van der Waals surface area contributed by atoms with Gasteiger partial charge in [0.1, 0.15) is 0 Å². The summed E-state index contributed by atoms with van der Waals surface area (Å²) in [5.41, 5.74) is -0.363. The molecule has 0 radical (unpaired) electrons. The molecular weight excluding hydrogens is 280 g/mol. The number of benzene rings is 1. The second kappa shape index (κ2) is 5.49. The van der Waals surface area contributed by atoms with Gasteiger partial charge in [-0.25, -0.2) is 8.42 Å². The smallest absolute Gasteiger partial charge is 0.258 e. The normalized spacial score (nSPS) is 24.5. The molecule has 0 amide bonds. The minimum atomic E-state index is -3.81. The summed E-state index contributed by atoms with van der Waals surface area (Å²) in [5.74, 6) is 0.521. The van der Waals surface area contributed by atoms with Crippen molar-refractivity contribution in [2.75, 3.05) is 13.1 Å². The third-order valence-electron chi connectivity index (χ3n) is 3.52. The highest BCUT2D eigenvalue weighted by molar-refractivity contribution is 7.89. The molecule has 0 bridgehead atoms. The van der Waals surface area contributed by atoms with Gasteiger partial charge >= 0.3 is 0 Å². The van der Waals surface area contributed by atoms with E-state index < -0.39 is 14.9 Å². The Hall–Kier alpha value is -1.47. The monoisotopic (exact) mass is 298 g/mol. The number of rotatable bonds is 3. The van der Waals surface area contributed by atoms with Crippen LogP contribution in [-0.4, -0.2) is 30.7 Å². The maximum Gasteiger partial charge on any atom is 0.289 e. The summed E-state index contributed by atoms with van der Waals surface area (Å²) in [5, 5.41) is 11.0. The number of piperidine rings is 1. The molecule has 0 N–H and O–H groups in total. The summed E-state index contributed by atoms with van der Waals surface area (Å²) in [6.45, 7) is 4.83. The molecule has 7 heteroatoms. The van der Waals surface area contributed by atoms with E-state index in [0.29, 0.717) is 13.1 Å². The molecule has 20 heavy (non-hydrogen) atoms. The predicted molar refractivity (Wildman–Crippen MR) is 74.8 cm³/mol. The van der Waals surface area contributed by atoms with Crippen LogP contribution >= 0.6 is 0 Å². The molecule has 2 atom stereocenters. The van der Waals surface area contributed by atoms with Gasteiger partial charge in [0.25, 0.3) is 5.69 Å². The molecule has 1 aromatic rings. The van der Waals surface area contributed by atoms with E-state index in [1.54, 1.807) is 0 Å². The third-order valence-corrected chi connectivity index (χ3v) is 5.39. The number of hydrogen-bond donors (Lipinski definition) is 0. The van der Waals surface area contributed by atoms with Crippen LogP contribution in [0.3, 0.4) is 0 Å². The maximum absolute atomic E-state index is 12.6. The highest BCUT2D eigenvalue weighted by Crippen LogP contribution is 2.30. The van der Waals surface area contributed by atoms with Crippen molar-refractivity contribution < 1.29 is 13.3 Å². The first-order valence-corrected chi connectivity index (χ1v) is 8.00. The Morgan fingerprint density at radius 2 is 1.75 bits per heavy atom. The van der Waals surface area contributed by atoms with Crippen molar-refractivity contribution in [1.82, 2.24) is 4.31 Å². The quantitative estimate of drug-likeness (QED) is 0.633. The maximum atomic E-state index is 12.6. The van der Waals surface area contributed by atoms with Crippen LogP contribution in [0.1, 0.15) is 20.3 Å². The van der Waals surface area contributed by atoms with Crippen LogP contribution in [0, 0.1) is 22.0 Å². The minimum Gasteiger partial charge on any atom is -0.258 e. The van der Waals surface area contributed by atoms with Crippen LogP contribution in [0.15, 0.2) is 29.2 Å². The molecule has 1 aliphatic heterocycles. The number of nitro benzene ring substituents is 1. The first kappa shape index (κ1) is 14.9. The van der Waals surface area contributed by atoms with Crippen LogP contribution in [0.4, 0.5) is 5.69 Å². The van der Waals surface area contributed by atoms with Crippen molar-refractivity contribution in [2.24, 2.45) is 11.8 Å². The first-order valence-electron chi connectivity index (χ1n) is 6.56. The van der Waals surface area contributed by atoms with E-state index in [4.69, 9.17) is 0 Å². The number of nitro groups is 1. The summed E-state index contributed by atoms with van der Waals surface area (Å²) in [6, 6.07) is 5.51. The Balaban J connectivity index is 2.43. The van der Waals surface area contributed by atoms with Crippen molar-refractivity contribution in [1.29, 1.82) is 0 Å². The topological polar surface area (TPSA) is 80.5 Å². The van der Waals surface area contributed by atoms with Gasteiger partial charge in [-0.15, -0.1) is 0 Å². The highest BCUT2D eigenvalue weighted by Gasteiger charge is 2.35. The molecule has 6 nitrogen and oxygen atoms in total. The SMILES string of the molecule is C[C@H]1C[C@H](C)CN(S(=O)(=O)c2ccccc2[N+](=O)[O-])C1. The Bertz CT molecular complexity index is 605. The molecule has 0 aromatic heterocycles. The molecule has 1 fully saturated rings. The van der Waals surface area contributed by atoms with Crippen molar-refractivity contribution >= 4 is 15.7 Å². The van der Waals surface area contributed by atoms with Crippen molar-refractivity contribution in [2.45, 2.75) is 25.2 Å². The van der Waals surface area contributed by atoms with Gasteiger partial charge in [0.05, 0.1) is 4.92 Å². The second-order valence-corrected chi connectivity index (χ2v) is 7.40. The summed E-state index contributed by atoms with van der Waals surface area (Å²) in [4.78, 5) is 10.1. The molecule has 1 saturated heterocycles. The fourth-order valence-electron chi connectivity index (χ4n) is 2.77. The van der Waals surface area contributed by atoms with Crippen molar-refractivity contribution in [3.8, 4) is 0 Å². The van der Waals surface area contributed by atoms with Gasteiger partial charge < -0.3 is 0 Å². The summed E-state index contributed by atoms with van der Waals surface area (Å²) >= 11 is 0. The van der Waals surface area contributed by atoms with E-state index >= 15 is 0 Å². The van der Waals surface area contributed by atoms with Crippen LogP contribution in [0.25, 0.3) is 0 Å². The average Bonchev–Trinajstić information content (AvgIpc) is 2.37. The molecule has 110 valence electrons. The zero-order chi connectivity index (χ0) is 14.9. The Labute approximate surface area is 118 Å². The molecule has 0 spiro atoms. The van der Waals surface area contributed by atoms with E-state index in [-0.39, 0.29) is 22.4 Å². The van der Waals surface area contributed by atoms with Crippen LogP contribution in [0.2, 0.25) is 0 Å². The first-order chi connectivity index (χ1) is 9.32. The molecule has 1 aromatic carbocycles. The summed E-state index contributed by atoms with van der Waals surface area (Å²) < 4.78 is 26.6. The zero-order valence-electron chi connectivity index (χ0n) is 11.5. The van der Waals surface area contributed by atoms with Crippen molar-refractivity contribution in [3.05, 3.63) is 34.4 Å². The summed E-state index contributed by atoms with van der Waals surface area (Å²) in [7, 11) is -3.81. The average molecular weight is 298 g/mol. The zero-order valence-corrected chi connectivity index (χ0v) is 12.3. The summed E-state index contributed by atoms with van der Waals surface area (Å²) in [6.07, 6.45) is 0.975. The lowest BCUT2D eigenvalue weighted by molar-refractivity contribution is -0.387. The third kappa shape index (κ3) is 2.83. The van der Waals surface area contributed by atoms with Crippen LogP contribution in [0.5, 0.6) is 0 Å². The number of hydrogen-bond acceptors (Lipinski definition) is 4.